The first-order valence-electron chi connectivity index (χ1n) is 7.72. The van der Waals surface area contributed by atoms with Crippen molar-refractivity contribution in [2.45, 2.75) is 31.3 Å². The lowest BCUT2D eigenvalue weighted by atomic mass is 10.3. The van der Waals surface area contributed by atoms with Crippen LogP contribution >= 0.6 is 11.6 Å². The third kappa shape index (κ3) is 3.44. The van der Waals surface area contributed by atoms with E-state index in [1.54, 1.807) is 11.1 Å². The fourth-order valence-corrected chi connectivity index (χ4v) is 3.12. The molecular weight excluding hydrogens is 304 g/mol. The molecule has 0 unspecified atom stereocenters. The highest BCUT2D eigenvalue weighted by atomic mass is 35.5. The zero-order valence-electron chi connectivity index (χ0n) is 12.4. The van der Waals surface area contributed by atoms with Crippen LogP contribution in [0.4, 0.5) is 10.6 Å². The average Bonchev–Trinajstić information content (AvgIpc) is 3.25. The van der Waals surface area contributed by atoms with Gasteiger partial charge in [0.05, 0.1) is 11.6 Å². The minimum Gasteiger partial charge on any atom is -0.395 e. The topological polar surface area (TPSA) is 68.7 Å². The number of hydrogen-bond acceptors (Lipinski definition) is 4. The highest BCUT2D eigenvalue weighted by Gasteiger charge is 2.34. The monoisotopic (exact) mass is 324 g/mol. The first-order valence-corrected chi connectivity index (χ1v) is 8.10. The number of amides is 2. The summed E-state index contributed by atoms with van der Waals surface area (Å²) in [5, 5.41) is 12.8. The van der Waals surface area contributed by atoms with E-state index in [0.29, 0.717) is 24.2 Å². The minimum atomic E-state index is -0.0736. The molecule has 1 aromatic heterocycles. The van der Waals surface area contributed by atoms with E-state index >= 15 is 0 Å². The van der Waals surface area contributed by atoms with Gasteiger partial charge in [-0.15, -0.1) is 0 Å². The van der Waals surface area contributed by atoms with Crippen LogP contribution in [0.15, 0.2) is 18.3 Å². The van der Waals surface area contributed by atoms with Gasteiger partial charge in [-0.1, -0.05) is 11.6 Å². The molecule has 1 aliphatic carbocycles. The van der Waals surface area contributed by atoms with Gasteiger partial charge in [-0.05, 0) is 31.4 Å². The average molecular weight is 325 g/mol. The molecule has 2 aliphatic rings. The van der Waals surface area contributed by atoms with E-state index in [9.17, 15) is 4.79 Å². The molecule has 7 heteroatoms. The van der Waals surface area contributed by atoms with Crippen LogP contribution in [0.1, 0.15) is 19.3 Å². The van der Waals surface area contributed by atoms with Gasteiger partial charge in [-0.25, -0.2) is 9.78 Å². The summed E-state index contributed by atoms with van der Waals surface area (Å²) in [6.45, 7) is 1.94. The summed E-state index contributed by atoms with van der Waals surface area (Å²) < 4.78 is 0. The van der Waals surface area contributed by atoms with Crippen molar-refractivity contribution >= 4 is 23.4 Å². The summed E-state index contributed by atoms with van der Waals surface area (Å²) in [6.07, 6.45) is 4.67. The summed E-state index contributed by atoms with van der Waals surface area (Å²) in [4.78, 5) is 20.5. The van der Waals surface area contributed by atoms with Crippen molar-refractivity contribution in [1.82, 2.24) is 15.2 Å². The normalized spacial score (nSPS) is 21.0. The summed E-state index contributed by atoms with van der Waals surface area (Å²) in [5.74, 6) is 0.773. The van der Waals surface area contributed by atoms with E-state index in [1.807, 2.05) is 12.1 Å². The molecular formula is C15H21ClN4O2. The molecule has 0 radical (unpaired) electrons. The number of aromatic nitrogens is 1. The second kappa shape index (κ2) is 6.71. The highest BCUT2D eigenvalue weighted by molar-refractivity contribution is 6.32. The number of hydrogen-bond donors (Lipinski definition) is 2. The van der Waals surface area contributed by atoms with Gasteiger partial charge in [0, 0.05) is 37.9 Å². The fraction of sp³-hybridized carbons (Fsp3) is 0.600. The highest BCUT2D eigenvalue weighted by Crippen LogP contribution is 2.28. The maximum atomic E-state index is 12.3. The van der Waals surface area contributed by atoms with E-state index in [4.69, 9.17) is 16.7 Å². The molecule has 1 aliphatic heterocycles. The lowest BCUT2D eigenvalue weighted by molar-refractivity contribution is 0.171. The molecule has 2 amide bonds. The van der Waals surface area contributed by atoms with Gasteiger partial charge in [-0.3, -0.25) is 0 Å². The molecule has 1 saturated carbocycles. The third-order valence-electron chi connectivity index (χ3n) is 4.14. The molecule has 2 heterocycles. The Morgan fingerprint density at radius 2 is 2.32 bits per heavy atom. The number of aliphatic hydroxyl groups is 1. The quantitative estimate of drug-likeness (QED) is 0.861. The molecule has 2 fully saturated rings. The number of carbonyl (C=O) groups is 1. The number of anilines is 1. The third-order valence-corrected chi connectivity index (χ3v) is 4.44. The van der Waals surface area contributed by atoms with E-state index in [2.05, 4.69) is 15.2 Å². The number of aliphatic hydroxyl groups excluding tert-OH is 1. The Kier molecular flexibility index (Phi) is 4.69. The number of nitrogens with one attached hydrogen (secondary N) is 1. The van der Waals surface area contributed by atoms with Gasteiger partial charge in [0.1, 0.15) is 5.82 Å². The molecule has 120 valence electrons. The Hall–Kier alpha value is -1.53. The number of halogens is 1. The van der Waals surface area contributed by atoms with Crippen molar-refractivity contribution in [3.63, 3.8) is 0 Å². The smallest absolute Gasteiger partial charge is 0.318 e. The fourth-order valence-electron chi connectivity index (χ4n) is 2.88. The molecule has 6 nitrogen and oxygen atoms in total. The SMILES string of the molecule is O=C(N[C@@H]1CCN(c2ncccc2Cl)C1)N(CCO)C1CC1. The van der Waals surface area contributed by atoms with Gasteiger partial charge in [-0.2, -0.15) is 0 Å². The predicted octanol–water partition coefficient (Wildman–Crippen LogP) is 1.48. The van der Waals surface area contributed by atoms with E-state index < -0.39 is 0 Å². The molecule has 1 atom stereocenters. The number of carbonyl (C=O) groups excluding carboxylic acids is 1. The standard InChI is InChI=1S/C15H21ClN4O2/c16-13-2-1-6-17-14(13)19-7-5-11(10-19)18-15(22)20(8-9-21)12-3-4-12/h1-2,6,11-12,21H,3-5,7-10H2,(H,18,22)/t11-/m1/s1. The summed E-state index contributed by atoms with van der Waals surface area (Å²) in [5.41, 5.74) is 0. The second-order valence-corrected chi connectivity index (χ2v) is 6.25. The zero-order chi connectivity index (χ0) is 15.5. The van der Waals surface area contributed by atoms with Crippen molar-refractivity contribution in [2.75, 3.05) is 31.1 Å². The van der Waals surface area contributed by atoms with E-state index in [0.717, 1.165) is 31.6 Å². The summed E-state index contributed by atoms with van der Waals surface area (Å²) in [7, 11) is 0. The number of urea groups is 1. The minimum absolute atomic E-state index is 0.00422. The largest absolute Gasteiger partial charge is 0.395 e. The number of pyridine rings is 1. The first kappa shape index (κ1) is 15.4. The number of rotatable bonds is 5. The second-order valence-electron chi connectivity index (χ2n) is 5.84. The summed E-state index contributed by atoms with van der Waals surface area (Å²) >= 11 is 6.17. The van der Waals surface area contributed by atoms with Crippen LogP contribution in [0.25, 0.3) is 0 Å². The van der Waals surface area contributed by atoms with Crippen LogP contribution in [0.3, 0.4) is 0 Å². The molecule has 0 aromatic carbocycles. The van der Waals surface area contributed by atoms with Crippen molar-refractivity contribution in [2.24, 2.45) is 0 Å². The molecule has 2 N–H and O–H groups in total. The molecule has 3 rings (SSSR count). The Labute approximate surface area is 135 Å². The molecule has 1 saturated heterocycles. The van der Waals surface area contributed by atoms with Gasteiger partial charge in [0.25, 0.3) is 0 Å². The maximum Gasteiger partial charge on any atom is 0.318 e. The van der Waals surface area contributed by atoms with Crippen LogP contribution in [0.5, 0.6) is 0 Å². The Balaban J connectivity index is 1.56. The Morgan fingerprint density at radius 3 is 3.00 bits per heavy atom. The summed E-state index contributed by atoms with van der Waals surface area (Å²) in [6, 6.07) is 3.95. The van der Waals surface area contributed by atoms with E-state index in [1.165, 1.54) is 0 Å². The molecule has 1 aromatic rings. The zero-order valence-corrected chi connectivity index (χ0v) is 13.2. The van der Waals surface area contributed by atoms with Gasteiger partial charge in [0.15, 0.2) is 0 Å². The maximum absolute atomic E-state index is 12.3. The molecule has 0 spiro atoms. The lowest BCUT2D eigenvalue weighted by Gasteiger charge is -2.24. The van der Waals surface area contributed by atoms with Crippen LogP contribution in [-0.4, -0.2) is 59.3 Å². The van der Waals surface area contributed by atoms with Gasteiger partial charge in [0.2, 0.25) is 0 Å². The van der Waals surface area contributed by atoms with Crippen LogP contribution in [0.2, 0.25) is 5.02 Å². The lowest BCUT2D eigenvalue weighted by Crippen LogP contribution is -2.47. The first-order chi connectivity index (χ1) is 10.7. The van der Waals surface area contributed by atoms with Crippen LogP contribution in [-0.2, 0) is 0 Å². The van der Waals surface area contributed by atoms with Gasteiger partial charge < -0.3 is 20.2 Å². The van der Waals surface area contributed by atoms with Crippen LogP contribution < -0.4 is 10.2 Å². The number of nitrogens with zero attached hydrogens (tertiary/aromatic N) is 3. The van der Waals surface area contributed by atoms with Crippen molar-refractivity contribution in [3.05, 3.63) is 23.4 Å². The van der Waals surface area contributed by atoms with Crippen molar-refractivity contribution in [1.29, 1.82) is 0 Å². The van der Waals surface area contributed by atoms with Crippen LogP contribution in [0, 0.1) is 0 Å². The van der Waals surface area contributed by atoms with E-state index in [-0.39, 0.29) is 18.7 Å². The van der Waals surface area contributed by atoms with Crippen molar-refractivity contribution < 1.29 is 9.90 Å². The van der Waals surface area contributed by atoms with Gasteiger partial charge >= 0.3 is 6.03 Å². The molecule has 22 heavy (non-hydrogen) atoms. The Morgan fingerprint density at radius 1 is 1.50 bits per heavy atom. The van der Waals surface area contributed by atoms with Crippen molar-refractivity contribution in [3.8, 4) is 0 Å². The Bertz CT molecular complexity index is 538. The predicted molar refractivity (Wildman–Crippen MR) is 85.2 cm³/mol. The molecule has 0 bridgehead atoms.